The predicted molar refractivity (Wildman–Crippen MR) is 103 cm³/mol. The fraction of sp³-hybridized carbons (Fsp3) is 0.333. The number of benzene rings is 2. The Morgan fingerprint density at radius 3 is 2.46 bits per heavy atom. The Balaban J connectivity index is 1.55. The molecule has 4 nitrogen and oxygen atoms in total. The van der Waals surface area contributed by atoms with Gasteiger partial charge in [0.2, 0.25) is 11.8 Å². The van der Waals surface area contributed by atoms with E-state index >= 15 is 0 Å². The summed E-state index contributed by atoms with van der Waals surface area (Å²) in [6.07, 6.45) is 1.75. The molecule has 0 bridgehead atoms. The minimum absolute atomic E-state index is 0.0448. The third-order valence-corrected chi connectivity index (χ3v) is 4.98. The number of amides is 2. The van der Waals surface area contributed by atoms with Crippen LogP contribution in [0.2, 0.25) is 5.02 Å². The molecular weight excluding hydrogens is 348 g/mol. The summed E-state index contributed by atoms with van der Waals surface area (Å²) >= 11 is 5.88. The molecule has 136 valence electrons. The number of hydrogen-bond donors (Lipinski definition) is 1. The number of nitrogens with zero attached hydrogens (tertiary/aromatic N) is 1. The van der Waals surface area contributed by atoms with Crippen LogP contribution in [-0.2, 0) is 22.6 Å². The van der Waals surface area contributed by atoms with Crippen LogP contribution in [0.4, 0.5) is 0 Å². The van der Waals surface area contributed by atoms with E-state index in [1.165, 1.54) is 5.56 Å². The highest BCUT2D eigenvalue weighted by atomic mass is 35.5. The molecule has 1 aliphatic heterocycles. The number of rotatable bonds is 6. The molecule has 1 atom stereocenters. The van der Waals surface area contributed by atoms with E-state index < -0.39 is 0 Å². The maximum atomic E-state index is 12.6. The minimum atomic E-state index is -0.381. The SMILES string of the molecule is Cc1ccc(CN2C(=O)CCC2C(=O)NCCc2ccc(Cl)cc2)cc1. The Morgan fingerprint density at radius 2 is 1.77 bits per heavy atom. The average Bonchev–Trinajstić information content (AvgIpc) is 2.99. The topological polar surface area (TPSA) is 49.4 Å². The maximum Gasteiger partial charge on any atom is 0.242 e. The van der Waals surface area contributed by atoms with E-state index in [1.54, 1.807) is 4.90 Å². The molecule has 1 aliphatic rings. The summed E-state index contributed by atoms with van der Waals surface area (Å²) in [5, 5.41) is 3.67. The maximum absolute atomic E-state index is 12.6. The third kappa shape index (κ3) is 4.64. The van der Waals surface area contributed by atoms with Crippen molar-refractivity contribution >= 4 is 23.4 Å². The van der Waals surface area contributed by atoms with Gasteiger partial charge in [0.15, 0.2) is 0 Å². The first kappa shape index (κ1) is 18.5. The van der Waals surface area contributed by atoms with Gasteiger partial charge in [0.1, 0.15) is 6.04 Å². The van der Waals surface area contributed by atoms with Gasteiger partial charge in [-0.3, -0.25) is 9.59 Å². The van der Waals surface area contributed by atoms with Gasteiger partial charge in [-0.25, -0.2) is 0 Å². The minimum Gasteiger partial charge on any atom is -0.354 e. The highest BCUT2D eigenvalue weighted by Gasteiger charge is 2.35. The summed E-state index contributed by atoms with van der Waals surface area (Å²) in [4.78, 5) is 26.5. The first-order valence-corrected chi connectivity index (χ1v) is 9.28. The summed E-state index contributed by atoms with van der Waals surface area (Å²) in [5.74, 6) is -0.0275. The fourth-order valence-electron chi connectivity index (χ4n) is 3.19. The fourth-order valence-corrected chi connectivity index (χ4v) is 3.32. The zero-order valence-electron chi connectivity index (χ0n) is 14.9. The largest absolute Gasteiger partial charge is 0.354 e. The van der Waals surface area contributed by atoms with E-state index in [1.807, 2.05) is 55.5 Å². The zero-order chi connectivity index (χ0) is 18.5. The van der Waals surface area contributed by atoms with E-state index in [9.17, 15) is 9.59 Å². The van der Waals surface area contributed by atoms with E-state index in [4.69, 9.17) is 11.6 Å². The van der Waals surface area contributed by atoms with Gasteiger partial charge in [-0.15, -0.1) is 0 Å². The van der Waals surface area contributed by atoms with Crippen LogP contribution in [0.1, 0.15) is 29.5 Å². The van der Waals surface area contributed by atoms with Crippen molar-refractivity contribution in [3.05, 3.63) is 70.2 Å². The Bertz CT molecular complexity index is 772. The van der Waals surface area contributed by atoms with Crippen LogP contribution in [0, 0.1) is 6.92 Å². The van der Waals surface area contributed by atoms with Crippen molar-refractivity contribution in [3.63, 3.8) is 0 Å². The second kappa shape index (κ2) is 8.37. The van der Waals surface area contributed by atoms with E-state index in [0.29, 0.717) is 31.0 Å². The summed E-state index contributed by atoms with van der Waals surface area (Å²) in [6.45, 7) is 3.06. The number of likely N-dealkylation sites (tertiary alicyclic amines) is 1. The Morgan fingerprint density at radius 1 is 1.12 bits per heavy atom. The van der Waals surface area contributed by atoms with Crippen LogP contribution in [0.3, 0.4) is 0 Å². The summed E-state index contributed by atoms with van der Waals surface area (Å²) in [5.41, 5.74) is 3.34. The van der Waals surface area contributed by atoms with Crippen LogP contribution in [0.5, 0.6) is 0 Å². The van der Waals surface area contributed by atoms with Gasteiger partial charge in [-0.05, 0) is 43.0 Å². The second-order valence-corrected chi connectivity index (χ2v) is 7.17. The van der Waals surface area contributed by atoms with Crippen LogP contribution >= 0.6 is 11.6 Å². The van der Waals surface area contributed by atoms with Crippen molar-refractivity contribution in [2.24, 2.45) is 0 Å². The highest BCUT2D eigenvalue weighted by molar-refractivity contribution is 6.30. The molecular formula is C21H23ClN2O2. The molecule has 0 aliphatic carbocycles. The number of carbonyl (C=O) groups is 2. The molecule has 1 fully saturated rings. The van der Waals surface area contributed by atoms with Gasteiger partial charge < -0.3 is 10.2 Å². The standard InChI is InChI=1S/C21H23ClN2O2/c1-15-2-4-17(5-3-15)14-24-19(10-11-20(24)25)21(26)23-13-12-16-6-8-18(22)9-7-16/h2-9,19H,10-14H2,1H3,(H,23,26). The molecule has 2 aromatic rings. The van der Waals surface area contributed by atoms with Gasteiger partial charge in [0.05, 0.1) is 0 Å². The summed E-state index contributed by atoms with van der Waals surface area (Å²) in [7, 11) is 0. The summed E-state index contributed by atoms with van der Waals surface area (Å²) in [6, 6.07) is 15.3. The Hall–Kier alpha value is -2.33. The molecule has 5 heteroatoms. The van der Waals surface area contributed by atoms with E-state index in [-0.39, 0.29) is 17.9 Å². The zero-order valence-corrected chi connectivity index (χ0v) is 15.6. The highest BCUT2D eigenvalue weighted by Crippen LogP contribution is 2.22. The van der Waals surface area contributed by atoms with Gasteiger partial charge >= 0.3 is 0 Å². The molecule has 1 saturated heterocycles. The lowest BCUT2D eigenvalue weighted by Gasteiger charge is -2.24. The lowest BCUT2D eigenvalue weighted by Crippen LogP contribution is -2.44. The average molecular weight is 371 g/mol. The lowest BCUT2D eigenvalue weighted by molar-refractivity contribution is -0.135. The molecule has 1 unspecified atom stereocenters. The van der Waals surface area contributed by atoms with Gasteiger partial charge in [0, 0.05) is 24.5 Å². The third-order valence-electron chi connectivity index (χ3n) is 4.73. The monoisotopic (exact) mass is 370 g/mol. The molecule has 0 saturated carbocycles. The van der Waals surface area contributed by atoms with Crippen molar-refractivity contribution in [2.45, 2.75) is 38.8 Å². The number of carbonyl (C=O) groups excluding carboxylic acids is 2. The van der Waals surface area contributed by atoms with Crippen molar-refractivity contribution in [1.82, 2.24) is 10.2 Å². The smallest absolute Gasteiger partial charge is 0.242 e. The first-order valence-electron chi connectivity index (χ1n) is 8.90. The molecule has 0 spiro atoms. The van der Waals surface area contributed by atoms with Gasteiger partial charge in [-0.2, -0.15) is 0 Å². The van der Waals surface area contributed by atoms with Crippen LogP contribution in [0.25, 0.3) is 0 Å². The van der Waals surface area contributed by atoms with Gasteiger partial charge in [-0.1, -0.05) is 53.6 Å². The van der Waals surface area contributed by atoms with Gasteiger partial charge in [0.25, 0.3) is 0 Å². The number of nitrogens with one attached hydrogen (secondary N) is 1. The molecule has 0 radical (unpaired) electrons. The first-order chi connectivity index (χ1) is 12.5. The van der Waals surface area contributed by atoms with E-state index in [2.05, 4.69) is 5.32 Å². The molecule has 0 aromatic heterocycles. The predicted octanol–water partition coefficient (Wildman–Crippen LogP) is 3.50. The normalized spacial score (nSPS) is 16.8. The summed E-state index contributed by atoms with van der Waals surface area (Å²) < 4.78 is 0. The second-order valence-electron chi connectivity index (χ2n) is 6.73. The van der Waals surface area contributed by atoms with Crippen LogP contribution in [0.15, 0.2) is 48.5 Å². The molecule has 2 amide bonds. The van der Waals surface area contributed by atoms with Crippen molar-refractivity contribution in [2.75, 3.05) is 6.54 Å². The molecule has 1 heterocycles. The van der Waals surface area contributed by atoms with Crippen molar-refractivity contribution in [3.8, 4) is 0 Å². The Labute approximate surface area is 159 Å². The molecule has 1 N–H and O–H groups in total. The quantitative estimate of drug-likeness (QED) is 0.846. The van der Waals surface area contributed by atoms with Crippen LogP contribution in [-0.4, -0.2) is 29.3 Å². The van der Waals surface area contributed by atoms with Crippen molar-refractivity contribution < 1.29 is 9.59 Å². The number of hydrogen-bond acceptors (Lipinski definition) is 2. The number of aryl methyl sites for hydroxylation is 1. The molecule has 26 heavy (non-hydrogen) atoms. The van der Waals surface area contributed by atoms with Crippen molar-refractivity contribution in [1.29, 1.82) is 0 Å². The van der Waals surface area contributed by atoms with E-state index in [0.717, 1.165) is 17.5 Å². The molecule has 3 rings (SSSR count). The molecule has 2 aromatic carbocycles. The Kier molecular flexibility index (Phi) is 5.94. The number of halogens is 1. The lowest BCUT2D eigenvalue weighted by atomic mass is 10.1. The van der Waals surface area contributed by atoms with Crippen LogP contribution < -0.4 is 5.32 Å².